The Hall–Kier alpha value is 0.1000. The molecular formula is C12H19BrN2S. The number of halogens is 1. The molecule has 1 saturated carbocycles. The van der Waals surface area contributed by atoms with Crippen LogP contribution in [0.15, 0.2) is 15.9 Å². The highest BCUT2D eigenvalue weighted by molar-refractivity contribution is 9.10. The summed E-state index contributed by atoms with van der Waals surface area (Å²) in [7, 11) is 2.18. The first-order valence-corrected chi connectivity index (χ1v) is 7.45. The van der Waals surface area contributed by atoms with Gasteiger partial charge in [0, 0.05) is 26.8 Å². The number of hydrogen-bond acceptors (Lipinski definition) is 3. The maximum absolute atomic E-state index is 6.22. The van der Waals surface area contributed by atoms with Gasteiger partial charge in [0.05, 0.1) is 0 Å². The maximum atomic E-state index is 6.22. The van der Waals surface area contributed by atoms with Crippen molar-refractivity contribution in [3.05, 3.63) is 20.8 Å². The molecule has 1 heterocycles. The predicted octanol–water partition coefficient (Wildman–Crippen LogP) is 3.21. The quantitative estimate of drug-likeness (QED) is 0.905. The van der Waals surface area contributed by atoms with Crippen LogP contribution in [0.3, 0.4) is 0 Å². The molecule has 16 heavy (non-hydrogen) atoms. The molecule has 0 bridgehead atoms. The summed E-state index contributed by atoms with van der Waals surface area (Å²) in [5, 5.41) is 2.14. The Labute approximate surface area is 110 Å². The van der Waals surface area contributed by atoms with Crippen LogP contribution in [0.25, 0.3) is 0 Å². The molecule has 1 aliphatic rings. The molecule has 2 N–H and O–H groups in total. The number of rotatable bonds is 5. The minimum Gasteiger partial charge on any atom is -0.325 e. The van der Waals surface area contributed by atoms with Crippen molar-refractivity contribution in [3.63, 3.8) is 0 Å². The molecule has 0 aliphatic heterocycles. The minimum atomic E-state index is 0.157. The van der Waals surface area contributed by atoms with Crippen LogP contribution < -0.4 is 5.73 Å². The Kier molecular flexibility index (Phi) is 4.06. The zero-order valence-corrected chi connectivity index (χ0v) is 12.1. The molecule has 1 fully saturated rings. The number of thiophene rings is 1. The van der Waals surface area contributed by atoms with E-state index in [1.165, 1.54) is 28.6 Å². The zero-order valence-electron chi connectivity index (χ0n) is 9.71. The van der Waals surface area contributed by atoms with E-state index in [1.54, 1.807) is 0 Å². The molecule has 0 aromatic carbocycles. The van der Waals surface area contributed by atoms with E-state index in [-0.39, 0.29) is 5.54 Å². The van der Waals surface area contributed by atoms with E-state index in [2.05, 4.69) is 39.3 Å². The highest BCUT2D eigenvalue weighted by atomic mass is 79.9. The van der Waals surface area contributed by atoms with Gasteiger partial charge in [0.25, 0.3) is 0 Å². The molecule has 0 saturated heterocycles. The molecule has 0 spiro atoms. The summed E-state index contributed by atoms with van der Waals surface area (Å²) in [4.78, 5) is 3.78. The van der Waals surface area contributed by atoms with E-state index < -0.39 is 0 Å². The van der Waals surface area contributed by atoms with Crippen molar-refractivity contribution >= 4 is 27.3 Å². The molecule has 0 radical (unpaired) electrons. The van der Waals surface area contributed by atoms with Gasteiger partial charge in [-0.25, -0.2) is 0 Å². The topological polar surface area (TPSA) is 29.3 Å². The van der Waals surface area contributed by atoms with Crippen molar-refractivity contribution in [2.75, 3.05) is 13.6 Å². The third kappa shape index (κ3) is 3.29. The second-order valence-corrected chi connectivity index (χ2v) is 6.85. The lowest BCUT2D eigenvalue weighted by Crippen LogP contribution is -2.48. The highest BCUT2D eigenvalue weighted by Gasteiger charge is 2.31. The van der Waals surface area contributed by atoms with Crippen molar-refractivity contribution in [2.24, 2.45) is 5.73 Å². The van der Waals surface area contributed by atoms with E-state index in [9.17, 15) is 0 Å². The number of nitrogens with two attached hydrogens (primary N) is 1. The van der Waals surface area contributed by atoms with E-state index in [0.717, 1.165) is 19.5 Å². The van der Waals surface area contributed by atoms with Crippen LogP contribution in [0.1, 0.15) is 30.6 Å². The van der Waals surface area contributed by atoms with E-state index in [1.807, 2.05) is 11.3 Å². The largest absolute Gasteiger partial charge is 0.325 e. The Morgan fingerprint density at radius 2 is 2.31 bits per heavy atom. The molecule has 0 unspecified atom stereocenters. The van der Waals surface area contributed by atoms with Gasteiger partial charge in [0.2, 0.25) is 0 Å². The van der Waals surface area contributed by atoms with Crippen molar-refractivity contribution in [1.29, 1.82) is 0 Å². The summed E-state index contributed by atoms with van der Waals surface area (Å²) in [6, 6.07) is 2.20. The van der Waals surface area contributed by atoms with Crippen molar-refractivity contribution in [3.8, 4) is 0 Å². The first kappa shape index (κ1) is 12.6. The molecule has 90 valence electrons. The van der Waals surface area contributed by atoms with E-state index >= 15 is 0 Å². The Morgan fingerprint density at radius 1 is 1.56 bits per heavy atom. The summed E-state index contributed by atoms with van der Waals surface area (Å²) in [6.07, 6.45) is 4.88. The van der Waals surface area contributed by atoms with E-state index in [4.69, 9.17) is 5.73 Å². The monoisotopic (exact) mass is 302 g/mol. The van der Waals surface area contributed by atoms with Gasteiger partial charge in [-0.1, -0.05) is 0 Å². The fourth-order valence-electron chi connectivity index (χ4n) is 2.08. The van der Waals surface area contributed by atoms with Gasteiger partial charge in [-0.3, -0.25) is 0 Å². The Bertz CT molecular complexity index is 347. The number of hydrogen-bond donors (Lipinski definition) is 1. The molecule has 1 aliphatic carbocycles. The fourth-order valence-corrected chi connectivity index (χ4v) is 3.61. The lowest BCUT2D eigenvalue weighted by atomic mass is 9.75. The second kappa shape index (κ2) is 5.17. The first-order chi connectivity index (χ1) is 7.57. The Morgan fingerprint density at radius 3 is 2.81 bits per heavy atom. The summed E-state index contributed by atoms with van der Waals surface area (Å²) in [5.74, 6) is 0. The van der Waals surface area contributed by atoms with Gasteiger partial charge in [-0.05, 0) is 61.3 Å². The van der Waals surface area contributed by atoms with Gasteiger partial charge in [-0.2, -0.15) is 0 Å². The summed E-state index contributed by atoms with van der Waals surface area (Å²) >= 11 is 5.30. The van der Waals surface area contributed by atoms with Gasteiger partial charge in [-0.15, -0.1) is 11.3 Å². The summed E-state index contributed by atoms with van der Waals surface area (Å²) in [5.41, 5.74) is 6.37. The molecule has 0 atom stereocenters. The van der Waals surface area contributed by atoms with Crippen LogP contribution in [-0.2, 0) is 6.54 Å². The van der Waals surface area contributed by atoms with Crippen LogP contribution >= 0.6 is 27.3 Å². The normalized spacial score (nSPS) is 18.8. The predicted molar refractivity (Wildman–Crippen MR) is 73.7 cm³/mol. The molecule has 1 aromatic heterocycles. The van der Waals surface area contributed by atoms with Gasteiger partial charge >= 0.3 is 0 Å². The minimum absolute atomic E-state index is 0.157. The average Bonchev–Trinajstić information content (AvgIpc) is 2.58. The lowest BCUT2D eigenvalue weighted by molar-refractivity contribution is 0.194. The summed E-state index contributed by atoms with van der Waals surface area (Å²) < 4.78 is 1.19. The fraction of sp³-hybridized carbons (Fsp3) is 0.667. The van der Waals surface area contributed by atoms with Crippen LogP contribution in [0.2, 0.25) is 0 Å². The SMILES string of the molecule is CN(CCC1(N)CCC1)Cc1cc(Br)cs1. The lowest BCUT2D eigenvalue weighted by Gasteiger charge is -2.39. The van der Waals surface area contributed by atoms with E-state index in [0.29, 0.717) is 0 Å². The van der Waals surface area contributed by atoms with Gasteiger partial charge < -0.3 is 10.6 Å². The van der Waals surface area contributed by atoms with Crippen molar-refractivity contribution in [2.45, 2.75) is 37.8 Å². The molecule has 0 amide bonds. The number of nitrogens with zero attached hydrogens (tertiary/aromatic N) is 1. The van der Waals surface area contributed by atoms with Crippen LogP contribution in [-0.4, -0.2) is 24.0 Å². The molecule has 4 heteroatoms. The highest BCUT2D eigenvalue weighted by Crippen LogP contribution is 2.32. The maximum Gasteiger partial charge on any atom is 0.0325 e. The smallest absolute Gasteiger partial charge is 0.0325 e. The van der Waals surface area contributed by atoms with Gasteiger partial charge in [0.1, 0.15) is 0 Å². The molecule has 2 nitrogen and oxygen atoms in total. The Balaban J connectivity index is 1.73. The molecule has 1 aromatic rings. The van der Waals surface area contributed by atoms with Crippen molar-refractivity contribution in [1.82, 2.24) is 4.90 Å². The average molecular weight is 303 g/mol. The third-order valence-electron chi connectivity index (χ3n) is 3.39. The molecule has 2 rings (SSSR count). The zero-order chi connectivity index (χ0) is 11.6. The first-order valence-electron chi connectivity index (χ1n) is 5.78. The summed E-state index contributed by atoms with van der Waals surface area (Å²) in [6.45, 7) is 2.14. The third-order valence-corrected chi connectivity index (χ3v) is 5.07. The van der Waals surface area contributed by atoms with Gasteiger partial charge in [0.15, 0.2) is 0 Å². The van der Waals surface area contributed by atoms with Crippen LogP contribution in [0.4, 0.5) is 0 Å². The van der Waals surface area contributed by atoms with Crippen molar-refractivity contribution < 1.29 is 0 Å². The van der Waals surface area contributed by atoms with Crippen LogP contribution in [0.5, 0.6) is 0 Å². The standard InChI is InChI=1S/C12H19BrN2S/c1-15(6-5-12(14)3-2-4-12)8-11-7-10(13)9-16-11/h7,9H,2-6,8,14H2,1H3. The van der Waals surface area contributed by atoms with Crippen LogP contribution in [0, 0.1) is 0 Å². The molecular weight excluding hydrogens is 284 g/mol. The second-order valence-electron chi connectivity index (χ2n) is 4.93.